The van der Waals surface area contributed by atoms with Crippen molar-refractivity contribution in [2.45, 2.75) is 32.1 Å². The fourth-order valence-corrected chi connectivity index (χ4v) is 3.36. The van der Waals surface area contributed by atoms with Crippen molar-refractivity contribution in [1.29, 1.82) is 0 Å². The lowest BCUT2D eigenvalue weighted by molar-refractivity contribution is -0.121. The number of hydrogen-bond donors (Lipinski definition) is 2. The number of nitrogens with one attached hydrogen (secondary N) is 2. The minimum absolute atomic E-state index is 0.0388. The quantitative estimate of drug-likeness (QED) is 0.652. The molecule has 0 saturated heterocycles. The molecule has 2 aromatic carbocycles. The molecule has 0 aliphatic heterocycles. The normalized spacial score (nSPS) is 11.2. The molecule has 6 nitrogen and oxygen atoms in total. The van der Waals surface area contributed by atoms with Crippen LogP contribution in [-0.4, -0.2) is 28.0 Å². The molecule has 0 saturated carbocycles. The van der Waals surface area contributed by atoms with Crippen molar-refractivity contribution in [3.05, 3.63) is 65.2 Å². The summed E-state index contributed by atoms with van der Waals surface area (Å²) in [7, 11) is -1.89. The monoisotopic (exact) mass is 390 g/mol. The van der Waals surface area contributed by atoms with E-state index in [1.165, 1.54) is 7.05 Å². The van der Waals surface area contributed by atoms with Crippen molar-refractivity contribution in [1.82, 2.24) is 10.0 Å². The number of rotatable bonds is 10. The molecule has 2 rings (SSSR count). The van der Waals surface area contributed by atoms with Crippen LogP contribution in [0.5, 0.6) is 5.75 Å². The molecular formula is C20H26N2O4S. The maximum atomic E-state index is 12.1. The van der Waals surface area contributed by atoms with Gasteiger partial charge >= 0.3 is 0 Å². The van der Waals surface area contributed by atoms with Gasteiger partial charge in [0.25, 0.3) is 0 Å². The van der Waals surface area contributed by atoms with E-state index in [0.29, 0.717) is 31.6 Å². The molecule has 0 heterocycles. The lowest BCUT2D eigenvalue weighted by atomic mass is 10.1. The van der Waals surface area contributed by atoms with Crippen LogP contribution in [-0.2, 0) is 33.5 Å². The molecule has 0 aliphatic carbocycles. The van der Waals surface area contributed by atoms with Gasteiger partial charge in [-0.25, -0.2) is 13.1 Å². The number of benzene rings is 2. The van der Waals surface area contributed by atoms with Gasteiger partial charge in [-0.15, -0.1) is 0 Å². The van der Waals surface area contributed by atoms with Gasteiger partial charge in [0.05, 0.1) is 12.4 Å². The topological polar surface area (TPSA) is 84.5 Å². The Kier molecular flexibility index (Phi) is 7.82. The summed E-state index contributed by atoms with van der Waals surface area (Å²) in [6.07, 6.45) is 0.991. The van der Waals surface area contributed by atoms with Crippen LogP contribution in [0.1, 0.15) is 30.0 Å². The fourth-order valence-electron chi connectivity index (χ4n) is 2.59. The van der Waals surface area contributed by atoms with Crippen LogP contribution in [0.15, 0.2) is 48.5 Å². The SMILES string of the molecule is CCOc1ccccc1CCC(=O)NCc1ccc(CS(=O)(=O)NC)cc1. The molecule has 0 aliphatic rings. The molecular weight excluding hydrogens is 364 g/mol. The summed E-state index contributed by atoms with van der Waals surface area (Å²) in [5, 5.41) is 2.89. The summed E-state index contributed by atoms with van der Waals surface area (Å²) in [5.41, 5.74) is 2.64. The van der Waals surface area contributed by atoms with E-state index in [1.807, 2.05) is 43.3 Å². The summed E-state index contributed by atoms with van der Waals surface area (Å²) in [4.78, 5) is 12.1. The fraction of sp³-hybridized carbons (Fsp3) is 0.350. The lowest BCUT2D eigenvalue weighted by Gasteiger charge is -2.10. The summed E-state index contributed by atoms with van der Waals surface area (Å²) in [6.45, 7) is 2.93. The average molecular weight is 391 g/mol. The number of carbonyl (C=O) groups is 1. The van der Waals surface area contributed by atoms with Gasteiger partial charge < -0.3 is 10.1 Å². The van der Waals surface area contributed by atoms with E-state index in [4.69, 9.17) is 4.74 Å². The highest BCUT2D eigenvalue weighted by Crippen LogP contribution is 2.19. The predicted octanol–water partition coefficient (Wildman–Crippen LogP) is 2.38. The number of para-hydroxylation sites is 1. The maximum absolute atomic E-state index is 12.1. The minimum atomic E-state index is -3.28. The van der Waals surface area contributed by atoms with Gasteiger partial charge in [-0.1, -0.05) is 42.5 Å². The summed E-state index contributed by atoms with van der Waals surface area (Å²) in [6, 6.07) is 14.9. The van der Waals surface area contributed by atoms with E-state index in [-0.39, 0.29) is 11.7 Å². The van der Waals surface area contributed by atoms with E-state index < -0.39 is 10.0 Å². The van der Waals surface area contributed by atoms with Crippen molar-refractivity contribution in [3.8, 4) is 5.75 Å². The molecule has 7 heteroatoms. The molecule has 0 unspecified atom stereocenters. The van der Waals surface area contributed by atoms with E-state index in [9.17, 15) is 13.2 Å². The first-order valence-electron chi connectivity index (χ1n) is 8.90. The Morgan fingerprint density at radius 2 is 1.70 bits per heavy atom. The Hall–Kier alpha value is -2.38. The Balaban J connectivity index is 1.82. The van der Waals surface area contributed by atoms with Crippen LogP contribution < -0.4 is 14.8 Å². The smallest absolute Gasteiger partial charge is 0.220 e. The van der Waals surface area contributed by atoms with Gasteiger partial charge in [0.15, 0.2) is 0 Å². The van der Waals surface area contributed by atoms with Crippen molar-refractivity contribution >= 4 is 15.9 Å². The first-order chi connectivity index (χ1) is 12.9. The molecule has 0 atom stereocenters. The van der Waals surface area contributed by atoms with Crippen molar-refractivity contribution in [3.63, 3.8) is 0 Å². The van der Waals surface area contributed by atoms with Crippen LogP contribution in [0.2, 0.25) is 0 Å². The molecule has 0 spiro atoms. The Morgan fingerprint density at radius 3 is 2.37 bits per heavy atom. The highest BCUT2D eigenvalue weighted by atomic mass is 32.2. The molecule has 146 valence electrons. The molecule has 1 amide bonds. The summed E-state index contributed by atoms with van der Waals surface area (Å²) in [5.74, 6) is 0.720. The van der Waals surface area contributed by atoms with E-state index in [2.05, 4.69) is 10.0 Å². The van der Waals surface area contributed by atoms with Crippen LogP contribution in [0.3, 0.4) is 0 Å². The highest BCUT2D eigenvalue weighted by Gasteiger charge is 2.09. The largest absolute Gasteiger partial charge is 0.494 e. The number of aryl methyl sites for hydroxylation is 1. The Bertz CT molecular complexity index is 849. The van der Waals surface area contributed by atoms with Gasteiger partial charge in [-0.3, -0.25) is 4.79 Å². The van der Waals surface area contributed by atoms with Crippen molar-refractivity contribution in [2.75, 3.05) is 13.7 Å². The van der Waals surface area contributed by atoms with Gasteiger partial charge in [0, 0.05) is 13.0 Å². The summed E-state index contributed by atoms with van der Waals surface area (Å²) < 4.78 is 31.0. The molecule has 2 aromatic rings. The van der Waals surface area contributed by atoms with Gasteiger partial charge in [0.2, 0.25) is 15.9 Å². The summed E-state index contributed by atoms with van der Waals surface area (Å²) >= 11 is 0. The van der Waals surface area contributed by atoms with Crippen LogP contribution >= 0.6 is 0 Å². The van der Waals surface area contributed by atoms with Gasteiger partial charge in [-0.05, 0) is 43.1 Å². The third-order valence-corrected chi connectivity index (χ3v) is 5.41. The van der Waals surface area contributed by atoms with Crippen LogP contribution in [0, 0.1) is 0 Å². The van der Waals surface area contributed by atoms with E-state index in [0.717, 1.165) is 16.9 Å². The van der Waals surface area contributed by atoms with E-state index in [1.54, 1.807) is 12.1 Å². The average Bonchev–Trinajstić information content (AvgIpc) is 2.67. The van der Waals surface area contributed by atoms with Crippen LogP contribution in [0.4, 0.5) is 0 Å². The Morgan fingerprint density at radius 1 is 1.04 bits per heavy atom. The number of hydrogen-bond acceptors (Lipinski definition) is 4. The van der Waals surface area contributed by atoms with Gasteiger partial charge in [-0.2, -0.15) is 0 Å². The molecule has 0 bridgehead atoms. The zero-order valence-electron chi connectivity index (χ0n) is 15.7. The second-order valence-corrected chi connectivity index (χ2v) is 8.02. The van der Waals surface area contributed by atoms with Gasteiger partial charge in [0.1, 0.15) is 5.75 Å². The predicted molar refractivity (Wildman–Crippen MR) is 106 cm³/mol. The number of carbonyl (C=O) groups excluding carboxylic acids is 1. The molecule has 0 radical (unpaired) electrons. The Labute approximate surface area is 161 Å². The lowest BCUT2D eigenvalue weighted by Crippen LogP contribution is -2.23. The number of ether oxygens (including phenoxy) is 1. The minimum Gasteiger partial charge on any atom is -0.494 e. The van der Waals surface area contributed by atoms with Crippen molar-refractivity contribution < 1.29 is 17.9 Å². The molecule has 0 aromatic heterocycles. The highest BCUT2D eigenvalue weighted by molar-refractivity contribution is 7.88. The third kappa shape index (κ3) is 7.03. The second kappa shape index (κ2) is 10.1. The third-order valence-electron chi connectivity index (χ3n) is 4.07. The first kappa shape index (κ1) is 20.9. The van der Waals surface area contributed by atoms with Crippen molar-refractivity contribution in [2.24, 2.45) is 0 Å². The number of amides is 1. The first-order valence-corrected chi connectivity index (χ1v) is 10.5. The molecule has 0 fully saturated rings. The number of sulfonamides is 1. The zero-order chi connectivity index (χ0) is 19.7. The second-order valence-electron chi connectivity index (χ2n) is 6.10. The van der Waals surface area contributed by atoms with E-state index >= 15 is 0 Å². The zero-order valence-corrected chi connectivity index (χ0v) is 16.5. The molecule has 2 N–H and O–H groups in total. The maximum Gasteiger partial charge on any atom is 0.220 e. The standard InChI is InChI=1S/C20H26N2O4S/c1-3-26-19-7-5-4-6-18(19)12-13-20(23)22-14-16-8-10-17(11-9-16)15-27(24,25)21-2/h4-11,21H,3,12-15H2,1-2H3,(H,22,23). The van der Waals surface area contributed by atoms with Crippen LogP contribution in [0.25, 0.3) is 0 Å². The molecule has 27 heavy (non-hydrogen) atoms.